The Morgan fingerprint density at radius 1 is 1.15 bits per heavy atom. The van der Waals surface area contributed by atoms with Crippen molar-refractivity contribution in [2.45, 2.75) is 33.6 Å². The van der Waals surface area contributed by atoms with Crippen molar-refractivity contribution in [3.05, 3.63) is 0 Å². The van der Waals surface area contributed by atoms with E-state index in [4.69, 9.17) is 31.4 Å². The van der Waals surface area contributed by atoms with Crippen molar-refractivity contribution in [3.63, 3.8) is 0 Å². The molecule has 0 amide bonds. The average Bonchev–Trinajstić information content (AvgIpc) is 1.86. The van der Waals surface area contributed by atoms with Crippen LogP contribution in [0.5, 0.6) is 0 Å². The molecule has 0 rings (SSSR count). The number of aliphatic carboxylic acids is 2. The number of carbonyl (C=O) groups is 2. The lowest BCUT2D eigenvalue weighted by molar-refractivity contribution is -0.135. The molecule has 0 fully saturated rings. The molecule has 0 aromatic rings. The summed E-state index contributed by atoms with van der Waals surface area (Å²) in [4.78, 5) is 18.0. The number of unbranched alkanes of at least 4 members (excludes halogenated alkanes) is 1. The molecule has 0 saturated heterocycles. The van der Waals surface area contributed by atoms with Gasteiger partial charge in [-0.2, -0.15) is 0 Å². The first-order valence-electron chi connectivity index (χ1n) is 3.83. The van der Waals surface area contributed by atoms with Gasteiger partial charge in [-0.25, -0.2) is 0 Å². The van der Waals surface area contributed by atoms with Gasteiger partial charge >= 0.3 is 0 Å². The highest BCUT2D eigenvalue weighted by atomic mass is 35.5. The predicted molar refractivity (Wildman–Crippen MR) is 52.2 cm³/mol. The van der Waals surface area contributed by atoms with Crippen molar-refractivity contribution in [3.8, 4) is 0 Å². The fourth-order valence-electron chi connectivity index (χ4n) is 0.134. The minimum atomic E-state index is -0.833. The molecule has 0 spiro atoms. The van der Waals surface area contributed by atoms with Crippen molar-refractivity contribution in [2.24, 2.45) is 0 Å². The minimum Gasteiger partial charge on any atom is -0.481 e. The lowest BCUT2D eigenvalue weighted by Crippen LogP contribution is -1.78. The van der Waals surface area contributed by atoms with Gasteiger partial charge in [0.05, 0.1) is 0 Å². The number of hydrogen-bond acceptors (Lipinski definition) is 2. The second-order valence-electron chi connectivity index (χ2n) is 2.08. The van der Waals surface area contributed by atoms with Gasteiger partial charge in [0, 0.05) is 19.7 Å². The molecule has 80 valence electrons. The molecule has 0 saturated carbocycles. The van der Waals surface area contributed by atoms with Crippen LogP contribution in [0.4, 0.5) is 0 Å². The summed E-state index contributed by atoms with van der Waals surface area (Å²) in [6, 6.07) is 0. The summed E-state index contributed by atoms with van der Waals surface area (Å²) in [7, 11) is 0. The molecule has 0 bridgehead atoms. The van der Waals surface area contributed by atoms with Crippen molar-refractivity contribution in [1.29, 1.82) is 0 Å². The molecule has 0 aromatic carbocycles. The van der Waals surface area contributed by atoms with E-state index < -0.39 is 11.9 Å². The summed E-state index contributed by atoms with van der Waals surface area (Å²) >= 11 is 5.30. The van der Waals surface area contributed by atoms with Crippen molar-refractivity contribution < 1.29 is 19.8 Å². The largest absolute Gasteiger partial charge is 0.481 e. The Hall–Kier alpha value is -0.770. The molecule has 0 aliphatic carbocycles. The Morgan fingerprint density at radius 3 is 1.38 bits per heavy atom. The molecule has 0 aromatic heterocycles. The Bertz CT molecular complexity index is 103. The lowest BCUT2D eigenvalue weighted by atomic mass is 10.4. The van der Waals surface area contributed by atoms with Crippen LogP contribution in [0.25, 0.3) is 0 Å². The van der Waals surface area contributed by atoms with Gasteiger partial charge in [0.15, 0.2) is 0 Å². The Labute approximate surface area is 83.5 Å². The van der Waals surface area contributed by atoms with Crippen LogP contribution in [-0.2, 0) is 9.59 Å². The standard InChI is InChI=1S/C4H9Cl.2C2H4O2/c1-2-3-4-5;2*1-2(3)4/h2-4H2,1H3;2*1H3,(H,3,4). The molecule has 0 heterocycles. The van der Waals surface area contributed by atoms with Crippen molar-refractivity contribution in [1.82, 2.24) is 0 Å². The molecule has 2 N–H and O–H groups in total. The zero-order valence-electron chi connectivity index (χ0n) is 8.21. The van der Waals surface area contributed by atoms with Gasteiger partial charge in [-0.15, -0.1) is 11.6 Å². The Morgan fingerprint density at radius 2 is 1.38 bits per heavy atom. The van der Waals surface area contributed by atoms with Crippen LogP contribution in [0, 0.1) is 0 Å². The van der Waals surface area contributed by atoms with E-state index in [0.29, 0.717) is 0 Å². The molecular formula is C8H17ClO4. The molecule has 4 nitrogen and oxygen atoms in total. The maximum Gasteiger partial charge on any atom is 0.300 e. The summed E-state index contributed by atoms with van der Waals surface area (Å²) in [6.07, 6.45) is 2.37. The molecular weight excluding hydrogens is 196 g/mol. The van der Waals surface area contributed by atoms with Gasteiger partial charge in [-0.3, -0.25) is 9.59 Å². The smallest absolute Gasteiger partial charge is 0.300 e. The summed E-state index contributed by atoms with van der Waals surface area (Å²) < 4.78 is 0. The molecule has 0 radical (unpaired) electrons. The third kappa shape index (κ3) is 632. The number of carboxylic acids is 2. The Balaban J connectivity index is -0.000000117. The molecule has 5 heteroatoms. The normalized spacial score (nSPS) is 7.08. The Kier molecular flexibility index (Phi) is 24.2. The van der Waals surface area contributed by atoms with Crippen LogP contribution in [0.1, 0.15) is 33.6 Å². The van der Waals surface area contributed by atoms with E-state index in [9.17, 15) is 0 Å². The zero-order chi connectivity index (χ0) is 11.3. The molecule has 0 unspecified atom stereocenters. The number of rotatable bonds is 2. The van der Waals surface area contributed by atoms with Crippen LogP contribution < -0.4 is 0 Å². The molecule has 0 aliphatic rings. The minimum absolute atomic E-state index is 0.816. The first-order chi connectivity index (χ1) is 5.88. The zero-order valence-corrected chi connectivity index (χ0v) is 8.97. The topological polar surface area (TPSA) is 74.6 Å². The molecule has 0 atom stereocenters. The van der Waals surface area contributed by atoms with Gasteiger partial charge < -0.3 is 10.2 Å². The van der Waals surface area contributed by atoms with E-state index in [1.165, 1.54) is 6.42 Å². The average molecular weight is 213 g/mol. The number of alkyl halides is 1. The monoisotopic (exact) mass is 212 g/mol. The summed E-state index contributed by atoms with van der Waals surface area (Å²) in [6.45, 7) is 4.29. The summed E-state index contributed by atoms with van der Waals surface area (Å²) in [5.41, 5.74) is 0. The third-order valence-corrected chi connectivity index (χ3v) is 0.754. The molecule has 13 heavy (non-hydrogen) atoms. The van der Waals surface area contributed by atoms with Gasteiger partial charge in [0.1, 0.15) is 0 Å². The number of hydrogen-bond donors (Lipinski definition) is 2. The highest BCUT2D eigenvalue weighted by molar-refractivity contribution is 6.17. The summed E-state index contributed by atoms with van der Waals surface area (Å²) in [5.74, 6) is -0.851. The van der Waals surface area contributed by atoms with Crippen molar-refractivity contribution >= 4 is 23.5 Å². The fraction of sp³-hybridized carbons (Fsp3) is 0.750. The second-order valence-corrected chi connectivity index (χ2v) is 2.46. The molecule has 0 aliphatic heterocycles. The van der Waals surface area contributed by atoms with Gasteiger partial charge in [-0.05, 0) is 6.42 Å². The SMILES string of the molecule is CC(=O)O.CC(=O)O.CCCCCl. The highest BCUT2D eigenvalue weighted by Gasteiger charge is 1.70. The maximum atomic E-state index is 9.00. The van der Waals surface area contributed by atoms with Crippen LogP contribution in [0.3, 0.4) is 0 Å². The number of carboxylic acid groups (broad SMARTS) is 2. The quantitative estimate of drug-likeness (QED) is 0.689. The first-order valence-corrected chi connectivity index (χ1v) is 4.36. The van der Waals surface area contributed by atoms with Gasteiger partial charge in [-0.1, -0.05) is 13.3 Å². The van der Waals surface area contributed by atoms with E-state index in [-0.39, 0.29) is 0 Å². The summed E-state index contributed by atoms with van der Waals surface area (Å²) in [5, 5.41) is 14.8. The van der Waals surface area contributed by atoms with Crippen LogP contribution >= 0.6 is 11.6 Å². The second kappa shape index (κ2) is 17.4. The highest BCUT2D eigenvalue weighted by Crippen LogP contribution is 1.86. The predicted octanol–water partition coefficient (Wildman–Crippen LogP) is 2.21. The van der Waals surface area contributed by atoms with Crippen LogP contribution in [-0.4, -0.2) is 28.0 Å². The maximum absolute atomic E-state index is 9.00. The first kappa shape index (κ1) is 18.1. The van der Waals surface area contributed by atoms with Gasteiger partial charge in [0.25, 0.3) is 11.9 Å². The van der Waals surface area contributed by atoms with E-state index in [2.05, 4.69) is 6.92 Å². The third-order valence-electron chi connectivity index (χ3n) is 0.487. The lowest BCUT2D eigenvalue weighted by Gasteiger charge is -1.77. The fourth-order valence-corrected chi connectivity index (χ4v) is 0.401. The number of halogens is 1. The van der Waals surface area contributed by atoms with E-state index in [0.717, 1.165) is 26.1 Å². The van der Waals surface area contributed by atoms with E-state index >= 15 is 0 Å². The van der Waals surface area contributed by atoms with Gasteiger partial charge in [0.2, 0.25) is 0 Å². The van der Waals surface area contributed by atoms with Crippen molar-refractivity contribution in [2.75, 3.05) is 5.88 Å². The van der Waals surface area contributed by atoms with E-state index in [1.54, 1.807) is 0 Å². The van der Waals surface area contributed by atoms with Crippen LogP contribution in [0.15, 0.2) is 0 Å². The van der Waals surface area contributed by atoms with E-state index in [1.807, 2.05) is 0 Å². The van der Waals surface area contributed by atoms with Crippen LogP contribution in [0.2, 0.25) is 0 Å².